The lowest BCUT2D eigenvalue weighted by atomic mass is 9.92. The van der Waals surface area contributed by atoms with E-state index in [1.807, 2.05) is 13.8 Å². The van der Waals surface area contributed by atoms with E-state index in [-0.39, 0.29) is 27.9 Å². The van der Waals surface area contributed by atoms with Gasteiger partial charge in [-0.3, -0.25) is 14.2 Å². The van der Waals surface area contributed by atoms with Crippen LogP contribution in [0.1, 0.15) is 41.9 Å². The molecular weight excluding hydrogens is 520 g/mol. The molecule has 0 aliphatic heterocycles. The highest BCUT2D eigenvalue weighted by atomic mass is 32.2. The van der Waals surface area contributed by atoms with E-state index in [4.69, 9.17) is 0 Å². The fourth-order valence-electron chi connectivity index (χ4n) is 4.83. The molecule has 196 valence electrons. The normalized spacial score (nSPS) is 16.1. The predicted molar refractivity (Wildman–Crippen MR) is 150 cm³/mol. The smallest absolute Gasteiger partial charge is 0.261 e. The number of anilines is 2. The topological polar surface area (TPSA) is 109 Å². The first-order valence-electron chi connectivity index (χ1n) is 12.3. The highest BCUT2D eigenvalue weighted by Crippen LogP contribution is 2.43. The third-order valence-electron chi connectivity index (χ3n) is 6.90. The molecule has 0 radical (unpaired) electrons. The van der Waals surface area contributed by atoms with Gasteiger partial charge in [-0.25, -0.2) is 16.8 Å². The Labute approximate surface area is 223 Å². The number of fused-ring (bicyclic) bond motifs is 1. The van der Waals surface area contributed by atoms with Crippen LogP contribution in [-0.4, -0.2) is 22.6 Å². The number of carbonyl (C=O) groups is 1. The first-order chi connectivity index (χ1) is 18.0. The van der Waals surface area contributed by atoms with Crippen molar-refractivity contribution in [3.8, 4) is 0 Å². The van der Waals surface area contributed by atoms with Crippen LogP contribution in [0.5, 0.6) is 0 Å². The lowest BCUT2D eigenvalue weighted by molar-refractivity contribution is -0.117. The monoisotopic (exact) mass is 548 g/mol. The van der Waals surface area contributed by atoms with Crippen molar-refractivity contribution in [1.82, 2.24) is 0 Å². The molecule has 0 spiro atoms. The molecule has 1 saturated carbocycles. The quantitative estimate of drug-likeness (QED) is 0.299. The maximum atomic E-state index is 13.4. The van der Waals surface area contributed by atoms with E-state index in [0.29, 0.717) is 40.6 Å². The number of carbonyl (C=O) groups excluding carboxylic acids is 1. The van der Waals surface area contributed by atoms with Crippen LogP contribution in [0.4, 0.5) is 11.4 Å². The van der Waals surface area contributed by atoms with Gasteiger partial charge in [-0.2, -0.15) is 0 Å². The average Bonchev–Trinajstić information content (AvgIpc) is 3.31. The van der Waals surface area contributed by atoms with Crippen molar-refractivity contribution in [2.24, 2.45) is 0 Å². The molecule has 4 aromatic rings. The Morgan fingerprint density at radius 3 is 1.76 bits per heavy atom. The molecule has 9 heteroatoms. The summed E-state index contributed by atoms with van der Waals surface area (Å²) in [5, 5.41) is 1.08. The van der Waals surface area contributed by atoms with Crippen molar-refractivity contribution < 1.29 is 21.6 Å². The van der Waals surface area contributed by atoms with Gasteiger partial charge in [0.2, 0.25) is 0 Å². The van der Waals surface area contributed by atoms with E-state index in [1.54, 1.807) is 78.9 Å². The molecule has 1 fully saturated rings. The lowest BCUT2D eigenvalue weighted by Crippen LogP contribution is -2.17. The molecule has 1 atom stereocenters. The lowest BCUT2D eigenvalue weighted by Gasteiger charge is -2.22. The van der Waals surface area contributed by atoms with E-state index in [0.717, 1.165) is 11.1 Å². The summed E-state index contributed by atoms with van der Waals surface area (Å²) in [5.41, 5.74) is 3.15. The molecule has 38 heavy (non-hydrogen) atoms. The number of hydrogen-bond acceptors (Lipinski definition) is 5. The Kier molecular flexibility index (Phi) is 6.75. The molecule has 0 unspecified atom stereocenters. The molecule has 2 N–H and O–H groups in total. The number of hydrogen-bond donors (Lipinski definition) is 2. The minimum Gasteiger partial charge on any atom is -0.300 e. The minimum absolute atomic E-state index is 0.0947. The molecule has 5 rings (SSSR count). The van der Waals surface area contributed by atoms with E-state index < -0.39 is 20.0 Å². The van der Waals surface area contributed by atoms with Crippen LogP contribution in [0.3, 0.4) is 0 Å². The van der Waals surface area contributed by atoms with Crippen molar-refractivity contribution in [3.63, 3.8) is 0 Å². The molecule has 1 aliphatic carbocycles. The standard InChI is InChI=1S/C29H28N2O5S2/c1-19-7-13-23(14-8-19)37(33,34)30-28-18-27(21-11-12-22(32)17-21)29(26-6-4-3-5-25(26)28)31-38(35,36)24-15-9-20(2)10-16-24/h3-10,13-16,18,21,30-31H,11-12,17H2,1-2H3/t21-/m1/s1. The number of aryl methyl sites for hydroxylation is 2. The van der Waals surface area contributed by atoms with Crippen LogP contribution in [0.15, 0.2) is 88.7 Å². The van der Waals surface area contributed by atoms with Crippen LogP contribution < -0.4 is 9.44 Å². The van der Waals surface area contributed by atoms with Gasteiger partial charge in [-0.05, 0) is 62.1 Å². The summed E-state index contributed by atoms with van der Waals surface area (Å²) in [4.78, 5) is 12.5. The van der Waals surface area contributed by atoms with Crippen LogP contribution in [0, 0.1) is 13.8 Å². The number of nitrogens with one attached hydrogen (secondary N) is 2. The van der Waals surface area contributed by atoms with Crippen LogP contribution >= 0.6 is 0 Å². The molecule has 1 aliphatic rings. The van der Waals surface area contributed by atoms with Crippen molar-refractivity contribution >= 4 is 48.0 Å². The Balaban J connectivity index is 1.67. The third kappa shape index (κ3) is 5.16. The van der Waals surface area contributed by atoms with Crippen molar-refractivity contribution in [1.29, 1.82) is 0 Å². The summed E-state index contributed by atoms with van der Waals surface area (Å²) >= 11 is 0. The van der Waals surface area contributed by atoms with Gasteiger partial charge in [0.05, 0.1) is 21.2 Å². The number of benzene rings is 4. The molecule has 4 aromatic carbocycles. The fourth-order valence-corrected chi connectivity index (χ4v) is 7.01. The number of ketones is 1. The van der Waals surface area contributed by atoms with Crippen LogP contribution in [-0.2, 0) is 24.8 Å². The van der Waals surface area contributed by atoms with E-state index in [1.165, 1.54) is 0 Å². The largest absolute Gasteiger partial charge is 0.300 e. The molecule has 0 aromatic heterocycles. The molecular formula is C29H28N2O5S2. The Hall–Kier alpha value is -3.69. The summed E-state index contributed by atoms with van der Waals surface area (Å²) in [7, 11) is -7.88. The van der Waals surface area contributed by atoms with Gasteiger partial charge in [-0.1, -0.05) is 59.7 Å². The summed E-state index contributed by atoms with van der Waals surface area (Å²) in [6.45, 7) is 3.76. The van der Waals surface area contributed by atoms with E-state index in [2.05, 4.69) is 9.44 Å². The first kappa shape index (κ1) is 25.9. The third-order valence-corrected chi connectivity index (χ3v) is 9.65. The second-order valence-electron chi connectivity index (χ2n) is 9.75. The summed E-state index contributed by atoms with van der Waals surface area (Å²) in [6.07, 6.45) is 1.22. The molecule has 0 heterocycles. The zero-order chi connectivity index (χ0) is 27.1. The number of sulfonamides is 2. The zero-order valence-electron chi connectivity index (χ0n) is 21.1. The highest BCUT2D eigenvalue weighted by Gasteiger charge is 2.30. The van der Waals surface area contributed by atoms with Gasteiger partial charge in [0.15, 0.2) is 0 Å². The molecule has 0 amide bonds. The zero-order valence-corrected chi connectivity index (χ0v) is 22.7. The number of Topliss-reactive ketones (excluding diaryl/α,β-unsaturated/α-hetero) is 1. The highest BCUT2D eigenvalue weighted by molar-refractivity contribution is 7.93. The maximum absolute atomic E-state index is 13.4. The average molecular weight is 549 g/mol. The predicted octanol–water partition coefficient (Wildman–Crippen LogP) is 5.89. The SMILES string of the molecule is Cc1ccc(S(=O)(=O)Nc2cc([C@@H]3CCC(=O)C3)c(NS(=O)(=O)c3ccc(C)cc3)c3ccccc23)cc1. The van der Waals surface area contributed by atoms with Crippen molar-refractivity contribution in [2.45, 2.75) is 48.8 Å². The van der Waals surface area contributed by atoms with Gasteiger partial charge in [-0.15, -0.1) is 0 Å². The van der Waals surface area contributed by atoms with Gasteiger partial charge in [0.25, 0.3) is 20.0 Å². The van der Waals surface area contributed by atoms with E-state index >= 15 is 0 Å². The van der Waals surface area contributed by atoms with Crippen molar-refractivity contribution in [2.75, 3.05) is 9.44 Å². The fraction of sp³-hybridized carbons (Fsp3) is 0.207. The Bertz CT molecular complexity index is 1750. The van der Waals surface area contributed by atoms with Crippen LogP contribution in [0.2, 0.25) is 0 Å². The summed E-state index contributed by atoms with van der Waals surface area (Å²) in [6, 6.07) is 21.8. The second kappa shape index (κ2) is 9.89. The summed E-state index contributed by atoms with van der Waals surface area (Å²) < 4.78 is 58.9. The summed E-state index contributed by atoms with van der Waals surface area (Å²) in [5.74, 6) is -0.150. The minimum atomic E-state index is -3.96. The van der Waals surface area contributed by atoms with Crippen LogP contribution in [0.25, 0.3) is 10.8 Å². The maximum Gasteiger partial charge on any atom is 0.261 e. The van der Waals surface area contributed by atoms with Gasteiger partial charge < -0.3 is 0 Å². The second-order valence-corrected chi connectivity index (χ2v) is 13.1. The Morgan fingerprint density at radius 1 is 0.711 bits per heavy atom. The van der Waals surface area contributed by atoms with Gasteiger partial charge in [0.1, 0.15) is 5.78 Å². The molecule has 0 bridgehead atoms. The van der Waals surface area contributed by atoms with Crippen molar-refractivity contribution in [3.05, 3.63) is 95.6 Å². The molecule has 7 nitrogen and oxygen atoms in total. The molecule has 0 saturated heterocycles. The van der Waals surface area contributed by atoms with Gasteiger partial charge >= 0.3 is 0 Å². The Morgan fingerprint density at radius 2 is 1.24 bits per heavy atom. The van der Waals surface area contributed by atoms with E-state index in [9.17, 15) is 21.6 Å². The first-order valence-corrected chi connectivity index (χ1v) is 15.3. The number of rotatable bonds is 7. The van der Waals surface area contributed by atoms with Gasteiger partial charge in [0, 0.05) is 23.6 Å².